The van der Waals surface area contributed by atoms with Gasteiger partial charge in [0.05, 0.1) is 12.3 Å². The van der Waals surface area contributed by atoms with E-state index in [0.717, 1.165) is 25.0 Å². The summed E-state index contributed by atoms with van der Waals surface area (Å²) in [6, 6.07) is 0. The fourth-order valence-corrected chi connectivity index (χ4v) is 2.86. The highest BCUT2D eigenvalue weighted by Gasteiger charge is 2.52. The molecule has 0 aromatic carbocycles. The monoisotopic (exact) mass is 272 g/mol. The van der Waals surface area contributed by atoms with Crippen LogP contribution >= 0.6 is 0 Å². The van der Waals surface area contributed by atoms with Crippen molar-refractivity contribution in [3.63, 3.8) is 0 Å². The van der Waals surface area contributed by atoms with Gasteiger partial charge in [-0.15, -0.1) is 0 Å². The van der Waals surface area contributed by atoms with Gasteiger partial charge < -0.3 is 14.6 Å². The second-order valence-corrected chi connectivity index (χ2v) is 8.04. The zero-order valence-electron chi connectivity index (χ0n) is 11.1. The number of likely N-dealkylation sites (tertiary alicyclic amines) is 1. The summed E-state index contributed by atoms with van der Waals surface area (Å²) in [7, 11) is 0. The number of rotatable bonds is 1. The molecule has 1 aliphatic heterocycles. The lowest BCUT2D eigenvalue weighted by atomic mass is 9.92. The molecule has 6 heteroatoms. The Morgan fingerprint density at radius 1 is 1.44 bits per heavy atom. The van der Waals surface area contributed by atoms with Gasteiger partial charge in [-0.1, -0.05) is 4.40 Å². The van der Waals surface area contributed by atoms with Crippen LogP contribution in [0.15, 0.2) is 4.40 Å². The summed E-state index contributed by atoms with van der Waals surface area (Å²) in [4.78, 5) is 12.4. The van der Waals surface area contributed by atoms with E-state index in [1.807, 2.05) is 20.8 Å². The molecule has 102 valence electrons. The molecule has 1 unspecified atom stereocenters. The topological polar surface area (TPSA) is 76.0 Å². The first-order valence-electron chi connectivity index (χ1n) is 6.22. The lowest BCUT2D eigenvalue weighted by Crippen LogP contribution is -2.45. The van der Waals surface area contributed by atoms with E-state index in [1.165, 1.54) is 4.90 Å². The smallest absolute Gasteiger partial charge is 0.407 e. The molecule has 1 N–H and O–H groups in total. The van der Waals surface area contributed by atoms with Gasteiger partial charge in [0.1, 0.15) is 16.1 Å². The third-order valence-electron chi connectivity index (χ3n) is 3.65. The molecule has 1 atom stereocenters. The summed E-state index contributed by atoms with van der Waals surface area (Å²) in [5, 5.41) is 9.04. The van der Waals surface area contributed by atoms with Gasteiger partial charge in [-0.25, -0.2) is 4.79 Å². The molecular formula is C12H20N2O3S. The van der Waals surface area contributed by atoms with Crippen LogP contribution in [0.3, 0.4) is 0 Å². The molecule has 0 bridgehead atoms. The van der Waals surface area contributed by atoms with Crippen LogP contribution in [0.5, 0.6) is 0 Å². The van der Waals surface area contributed by atoms with Crippen molar-refractivity contribution in [3.8, 4) is 0 Å². The first-order valence-corrected chi connectivity index (χ1v) is 7.33. The standard InChI is InChI=1S/C12H20N2O3S/c1-11(2,3)18(17)13-9-8-14(10(15)16)7-6-12(9)4-5-12/h4-8H2,1-3H3,(H,15,16)/b13-9+. The molecule has 2 rings (SSSR count). The highest BCUT2D eigenvalue weighted by atomic mass is 32.2. The molecule has 5 nitrogen and oxygen atoms in total. The van der Waals surface area contributed by atoms with E-state index in [1.54, 1.807) is 0 Å². The van der Waals surface area contributed by atoms with Crippen LogP contribution in [-0.2, 0) is 11.4 Å². The van der Waals surface area contributed by atoms with Crippen molar-refractivity contribution >= 4 is 23.2 Å². The summed E-state index contributed by atoms with van der Waals surface area (Å²) in [6.45, 7) is 6.52. The average Bonchev–Trinajstić information content (AvgIpc) is 3.00. The van der Waals surface area contributed by atoms with Crippen molar-refractivity contribution in [1.29, 1.82) is 0 Å². The third kappa shape index (κ3) is 2.64. The van der Waals surface area contributed by atoms with E-state index in [9.17, 15) is 9.35 Å². The number of hydrogen-bond donors (Lipinski definition) is 1. The second kappa shape index (κ2) is 4.42. The Morgan fingerprint density at radius 3 is 2.50 bits per heavy atom. The van der Waals surface area contributed by atoms with Gasteiger partial charge in [-0.3, -0.25) is 0 Å². The van der Waals surface area contributed by atoms with Crippen molar-refractivity contribution in [2.24, 2.45) is 9.81 Å². The maximum Gasteiger partial charge on any atom is 0.407 e. The Morgan fingerprint density at radius 2 is 2.06 bits per heavy atom. The van der Waals surface area contributed by atoms with E-state index in [-0.39, 0.29) is 5.41 Å². The Labute approximate surface area is 111 Å². The van der Waals surface area contributed by atoms with E-state index >= 15 is 0 Å². The van der Waals surface area contributed by atoms with Crippen molar-refractivity contribution in [2.75, 3.05) is 13.1 Å². The molecule has 1 saturated heterocycles. The number of carbonyl (C=O) groups is 1. The SMILES string of the molecule is CC(C)(C)[S+]([O-])/N=C1\CN(C(=O)O)CCC12CC2. The molecule has 1 saturated carbocycles. The first-order chi connectivity index (χ1) is 8.24. The van der Waals surface area contributed by atoms with Crippen LogP contribution < -0.4 is 0 Å². The average molecular weight is 272 g/mol. The molecule has 0 aromatic heterocycles. The molecule has 0 aromatic rings. The van der Waals surface area contributed by atoms with E-state index in [4.69, 9.17) is 5.11 Å². The summed E-state index contributed by atoms with van der Waals surface area (Å²) in [6.07, 6.45) is 2.01. The number of amides is 1. The van der Waals surface area contributed by atoms with Gasteiger partial charge in [0.2, 0.25) is 0 Å². The van der Waals surface area contributed by atoms with Gasteiger partial charge in [0, 0.05) is 12.0 Å². The van der Waals surface area contributed by atoms with Gasteiger partial charge in [0.15, 0.2) is 0 Å². The lowest BCUT2D eigenvalue weighted by molar-refractivity contribution is 0.144. The fourth-order valence-electron chi connectivity index (χ4n) is 2.14. The Kier molecular flexibility index (Phi) is 3.36. The Hall–Kier alpha value is -0.750. The molecule has 1 aliphatic carbocycles. The predicted molar refractivity (Wildman–Crippen MR) is 71.2 cm³/mol. The van der Waals surface area contributed by atoms with E-state index in [2.05, 4.69) is 4.40 Å². The quantitative estimate of drug-likeness (QED) is 0.742. The molecule has 1 spiro atoms. The Balaban J connectivity index is 2.17. The zero-order valence-corrected chi connectivity index (χ0v) is 11.9. The minimum absolute atomic E-state index is 0.0624. The van der Waals surface area contributed by atoms with E-state index in [0.29, 0.717) is 13.1 Å². The Bertz CT molecular complexity index is 385. The largest absolute Gasteiger partial charge is 0.591 e. The van der Waals surface area contributed by atoms with Crippen molar-refractivity contribution < 1.29 is 14.5 Å². The molecule has 2 fully saturated rings. The predicted octanol–water partition coefficient (Wildman–Crippen LogP) is 2.05. The summed E-state index contributed by atoms with van der Waals surface area (Å²) in [5.41, 5.74) is 0.886. The minimum Gasteiger partial charge on any atom is -0.591 e. The van der Waals surface area contributed by atoms with Crippen LogP contribution in [-0.4, -0.2) is 44.2 Å². The van der Waals surface area contributed by atoms with Gasteiger partial charge >= 0.3 is 6.09 Å². The maximum atomic E-state index is 12.1. The lowest BCUT2D eigenvalue weighted by Gasteiger charge is -2.31. The molecule has 0 radical (unpaired) electrons. The molecule has 1 amide bonds. The highest BCUT2D eigenvalue weighted by Crippen LogP contribution is 2.52. The number of carboxylic acid groups (broad SMARTS) is 1. The highest BCUT2D eigenvalue weighted by molar-refractivity contribution is 7.91. The fraction of sp³-hybridized carbons (Fsp3) is 0.833. The van der Waals surface area contributed by atoms with Crippen LogP contribution in [0.25, 0.3) is 0 Å². The zero-order chi connectivity index (χ0) is 13.6. The van der Waals surface area contributed by atoms with Gasteiger partial charge in [0.25, 0.3) is 0 Å². The molecule has 2 aliphatic rings. The van der Waals surface area contributed by atoms with Crippen LogP contribution in [0.1, 0.15) is 40.0 Å². The summed E-state index contributed by atoms with van der Waals surface area (Å²) < 4.78 is 16.0. The van der Waals surface area contributed by atoms with E-state index < -0.39 is 22.2 Å². The molecular weight excluding hydrogens is 252 g/mol. The van der Waals surface area contributed by atoms with Crippen molar-refractivity contribution in [3.05, 3.63) is 0 Å². The van der Waals surface area contributed by atoms with Crippen LogP contribution in [0.2, 0.25) is 0 Å². The summed E-state index contributed by atoms with van der Waals surface area (Å²) in [5.74, 6) is 0. The molecule has 18 heavy (non-hydrogen) atoms. The van der Waals surface area contributed by atoms with Crippen molar-refractivity contribution in [1.82, 2.24) is 4.90 Å². The van der Waals surface area contributed by atoms with Crippen molar-refractivity contribution in [2.45, 2.75) is 44.8 Å². The minimum atomic E-state index is -1.30. The number of nitrogens with zero attached hydrogens (tertiary/aromatic N) is 2. The number of piperidine rings is 1. The van der Waals surface area contributed by atoms with Gasteiger partial charge in [-0.05, 0) is 40.0 Å². The molecule has 1 heterocycles. The maximum absolute atomic E-state index is 12.1. The second-order valence-electron chi connectivity index (χ2n) is 6.13. The van der Waals surface area contributed by atoms with Crippen LogP contribution in [0.4, 0.5) is 4.79 Å². The third-order valence-corrected chi connectivity index (χ3v) is 5.09. The number of hydrogen-bond acceptors (Lipinski definition) is 3. The summed E-state index contributed by atoms with van der Waals surface area (Å²) >= 11 is -1.30. The first kappa shape index (κ1) is 13.7. The normalized spacial score (nSPS) is 26.4. The van der Waals surface area contributed by atoms with Gasteiger partial charge in [-0.2, -0.15) is 0 Å². The van der Waals surface area contributed by atoms with Crippen LogP contribution in [0, 0.1) is 5.41 Å².